The number of nitriles is 1. The van der Waals surface area contributed by atoms with Gasteiger partial charge in [-0.15, -0.1) is 0 Å². The molecule has 0 aliphatic rings. The van der Waals surface area contributed by atoms with Crippen molar-refractivity contribution >= 4 is 5.91 Å². The highest BCUT2D eigenvalue weighted by molar-refractivity contribution is 5.80. The Kier molecular flexibility index (Phi) is 7.26. The Bertz CT molecular complexity index is 894. The van der Waals surface area contributed by atoms with Crippen LogP contribution in [0.3, 0.4) is 0 Å². The molecule has 1 amide bonds. The van der Waals surface area contributed by atoms with Crippen molar-refractivity contribution in [2.24, 2.45) is 11.7 Å². The van der Waals surface area contributed by atoms with E-state index in [2.05, 4.69) is 5.16 Å². The summed E-state index contributed by atoms with van der Waals surface area (Å²) in [5.74, 6) is -0.413. The minimum Gasteiger partial charge on any atom is -0.368 e. The van der Waals surface area contributed by atoms with E-state index in [9.17, 15) is 18.0 Å². The molecule has 2 N–H and O–H groups in total. The van der Waals surface area contributed by atoms with Gasteiger partial charge in [-0.25, -0.2) is 0 Å². The third kappa shape index (κ3) is 5.19. The molecule has 0 saturated carbocycles. The summed E-state index contributed by atoms with van der Waals surface area (Å²) in [5, 5.41) is 13.0. The third-order valence-corrected chi connectivity index (χ3v) is 4.87. The van der Waals surface area contributed by atoms with Gasteiger partial charge < -0.3 is 10.3 Å². The van der Waals surface area contributed by atoms with Gasteiger partial charge >= 0.3 is 6.18 Å². The zero-order valence-corrected chi connectivity index (χ0v) is 17.3. The summed E-state index contributed by atoms with van der Waals surface area (Å²) < 4.78 is 47.5. The molecule has 0 unspecified atom stereocenters. The molecule has 2 atom stereocenters. The number of rotatable bonds is 8. The summed E-state index contributed by atoms with van der Waals surface area (Å²) in [5.41, 5.74) is 7.35. The SMILES string of the molecule is Cc1noc(C)c1-c1ccc([C@H](N(CC#N)[C@@H](CC(C)C)C(N)=O)C(F)(F)F)cc1. The number of halogens is 3. The van der Waals surface area contributed by atoms with E-state index < -0.39 is 30.7 Å². The number of carbonyl (C=O) groups excluding carboxylic acids is 1. The van der Waals surface area contributed by atoms with Crippen LogP contribution >= 0.6 is 0 Å². The van der Waals surface area contributed by atoms with Crippen LogP contribution in [0.25, 0.3) is 11.1 Å². The van der Waals surface area contributed by atoms with E-state index in [1.54, 1.807) is 45.9 Å². The first kappa shape index (κ1) is 23.4. The second-order valence-electron chi connectivity index (χ2n) is 7.64. The van der Waals surface area contributed by atoms with Crippen LogP contribution in [-0.4, -0.2) is 34.7 Å². The van der Waals surface area contributed by atoms with Crippen LogP contribution in [0.5, 0.6) is 0 Å². The summed E-state index contributed by atoms with van der Waals surface area (Å²) in [7, 11) is 0. The van der Waals surface area contributed by atoms with E-state index in [0.717, 1.165) is 4.90 Å². The molecule has 0 aliphatic carbocycles. The average molecular weight is 422 g/mol. The highest BCUT2D eigenvalue weighted by Gasteiger charge is 2.48. The molecule has 2 aromatic rings. The zero-order valence-electron chi connectivity index (χ0n) is 17.3. The third-order valence-electron chi connectivity index (χ3n) is 4.87. The molecule has 0 aliphatic heterocycles. The Morgan fingerprint density at radius 1 is 1.27 bits per heavy atom. The van der Waals surface area contributed by atoms with Gasteiger partial charge in [-0.1, -0.05) is 43.3 Å². The summed E-state index contributed by atoms with van der Waals surface area (Å²) in [6.45, 7) is 6.44. The maximum Gasteiger partial charge on any atom is 0.408 e. The van der Waals surface area contributed by atoms with Gasteiger partial charge in [0, 0.05) is 5.56 Å². The number of hydrogen-bond donors (Lipinski definition) is 1. The molecule has 9 heteroatoms. The molecule has 0 fully saturated rings. The van der Waals surface area contributed by atoms with E-state index >= 15 is 0 Å². The molecule has 1 aromatic carbocycles. The van der Waals surface area contributed by atoms with E-state index in [-0.39, 0.29) is 17.9 Å². The molecular formula is C21H25F3N4O2. The number of primary amides is 1. The van der Waals surface area contributed by atoms with Gasteiger partial charge in [0.25, 0.3) is 0 Å². The maximum atomic E-state index is 14.1. The number of nitrogens with zero attached hydrogens (tertiary/aromatic N) is 3. The lowest BCUT2D eigenvalue weighted by atomic mass is 9.95. The Morgan fingerprint density at radius 2 is 1.87 bits per heavy atom. The highest BCUT2D eigenvalue weighted by Crippen LogP contribution is 2.40. The molecule has 162 valence electrons. The molecule has 0 radical (unpaired) electrons. The maximum absolute atomic E-state index is 14.1. The molecule has 30 heavy (non-hydrogen) atoms. The van der Waals surface area contributed by atoms with Crippen molar-refractivity contribution < 1.29 is 22.5 Å². The van der Waals surface area contributed by atoms with Crippen LogP contribution in [0.2, 0.25) is 0 Å². The summed E-state index contributed by atoms with van der Waals surface area (Å²) in [6, 6.07) is 4.16. The van der Waals surface area contributed by atoms with Crippen molar-refractivity contribution in [1.82, 2.24) is 10.1 Å². The van der Waals surface area contributed by atoms with Crippen LogP contribution in [0, 0.1) is 31.1 Å². The minimum atomic E-state index is -4.72. The van der Waals surface area contributed by atoms with Crippen LogP contribution in [0.4, 0.5) is 13.2 Å². The van der Waals surface area contributed by atoms with Gasteiger partial charge in [0.1, 0.15) is 11.8 Å². The molecule has 0 saturated heterocycles. The topological polar surface area (TPSA) is 96.2 Å². The standard InChI is InChI=1S/C21H25F3N4O2/c1-12(2)11-17(20(26)29)28(10-9-25)19(21(22,23)24)16-7-5-15(6-8-16)18-13(3)27-30-14(18)4/h5-8,12,17,19H,10-11H2,1-4H3,(H2,26,29)/t17-,19-/m0/s1. The Morgan fingerprint density at radius 3 is 2.27 bits per heavy atom. The molecule has 0 spiro atoms. The number of alkyl halides is 3. The number of benzene rings is 1. The number of carbonyl (C=O) groups is 1. The first-order chi connectivity index (χ1) is 14.0. The fourth-order valence-corrected chi connectivity index (χ4v) is 3.62. The zero-order chi connectivity index (χ0) is 22.6. The lowest BCUT2D eigenvalue weighted by molar-refractivity contribution is -0.192. The van der Waals surface area contributed by atoms with Crippen LogP contribution in [0.1, 0.15) is 43.3 Å². The van der Waals surface area contributed by atoms with Crippen molar-refractivity contribution in [3.05, 3.63) is 41.3 Å². The first-order valence-electron chi connectivity index (χ1n) is 9.49. The molecule has 6 nitrogen and oxygen atoms in total. The van der Waals surface area contributed by atoms with Gasteiger partial charge in [0.2, 0.25) is 5.91 Å². The predicted molar refractivity (Wildman–Crippen MR) is 105 cm³/mol. The Balaban J connectivity index is 2.52. The monoisotopic (exact) mass is 422 g/mol. The number of aromatic nitrogens is 1. The number of aryl methyl sites for hydroxylation is 2. The van der Waals surface area contributed by atoms with Crippen molar-refractivity contribution in [3.8, 4) is 17.2 Å². The fourth-order valence-electron chi connectivity index (χ4n) is 3.62. The van der Waals surface area contributed by atoms with E-state index in [0.29, 0.717) is 22.6 Å². The van der Waals surface area contributed by atoms with E-state index in [1.807, 2.05) is 0 Å². The highest BCUT2D eigenvalue weighted by atomic mass is 19.4. The second-order valence-corrected chi connectivity index (χ2v) is 7.64. The Labute approximate surface area is 173 Å². The molecule has 0 bridgehead atoms. The van der Waals surface area contributed by atoms with E-state index in [4.69, 9.17) is 15.5 Å². The van der Waals surface area contributed by atoms with Gasteiger partial charge in [-0.2, -0.15) is 18.4 Å². The smallest absolute Gasteiger partial charge is 0.368 e. The molecule has 1 aromatic heterocycles. The lowest BCUT2D eigenvalue weighted by Gasteiger charge is -2.37. The predicted octanol–water partition coefficient (Wildman–Crippen LogP) is 4.29. The molecule has 1 heterocycles. The van der Waals surface area contributed by atoms with Gasteiger partial charge in [0.05, 0.1) is 24.3 Å². The number of hydrogen-bond acceptors (Lipinski definition) is 5. The Hall–Kier alpha value is -2.86. The van der Waals surface area contributed by atoms with Crippen LogP contribution in [0.15, 0.2) is 28.8 Å². The van der Waals surface area contributed by atoms with Crippen molar-refractivity contribution in [2.45, 2.75) is 52.4 Å². The van der Waals surface area contributed by atoms with Gasteiger partial charge in [0.15, 0.2) is 0 Å². The van der Waals surface area contributed by atoms with E-state index in [1.165, 1.54) is 12.1 Å². The van der Waals surface area contributed by atoms with Crippen molar-refractivity contribution in [2.75, 3.05) is 6.54 Å². The summed E-state index contributed by atoms with van der Waals surface area (Å²) in [6.07, 6.45) is -4.60. The van der Waals surface area contributed by atoms with Crippen LogP contribution in [-0.2, 0) is 4.79 Å². The number of nitrogens with two attached hydrogens (primary N) is 1. The van der Waals surface area contributed by atoms with Gasteiger partial charge in [-0.05, 0) is 37.3 Å². The quantitative estimate of drug-likeness (QED) is 0.641. The first-order valence-corrected chi connectivity index (χ1v) is 9.49. The lowest BCUT2D eigenvalue weighted by Crippen LogP contribution is -2.51. The molecular weight excluding hydrogens is 397 g/mol. The van der Waals surface area contributed by atoms with Crippen molar-refractivity contribution in [1.29, 1.82) is 5.26 Å². The molecule has 2 rings (SSSR count). The summed E-state index contributed by atoms with van der Waals surface area (Å²) >= 11 is 0. The number of amides is 1. The second kappa shape index (κ2) is 9.30. The average Bonchev–Trinajstić information content (AvgIpc) is 2.97. The fraction of sp³-hybridized carbons (Fsp3) is 0.476. The summed E-state index contributed by atoms with van der Waals surface area (Å²) in [4.78, 5) is 12.8. The largest absolute Gasteiger partial charge is 0.408 e. The minimum absolute atomic E-state index is 0.0803. The van der Waals surface area contributed by atoms with Crippen molar-refractivity contribution in [3.63, 3.8) is 0 Å². The van der Waals surface area contributed by atoms with Crippen LogP contribution < -0.4 is 5.73 Å². The van der Waals surface area contributed by atoms with Gasteiger partial charge in [-0.3, -0.25) is 9.69 Å². The normalized spacial score (nSPS) is 14.0.